The Kier molecular flexibility index (Phi) is 4.37. The van der Waals surface area contributed by atoms with Crippen molar-refractivity contribution >= 4 is 0 Å². The van der Waals surface area contributed by atoms with Gasteiger partial charge in [0.15, 0.2) is 11.5 Å². The summed E-state index contributed by atoms with van der Waals surface area (Å²) in [6.45, 7) is 0.387. The van der Waals surface area contributed by atoms with Gasteiger partial charge in [-0.3, -0.25) is 0 Å². The maximum Gasteiger partial charge on any atom is 0.161 e. The maximum absolute atomic E-state index is 9.22. The molecule has 1 rings (SSSR count). The third-order valence-corrected chi connectivity index (χ3v) is 1.59. The van der Waals surface area contributed by atoms with Gasteiger partial charge in [0, 0.05) is 6.07 Å². The fraction of sp³-hybridized carbons (Fsp3) is 0.250. The van der Waals surface area contributed by atoms with Crippen LogP contribution in [0.25, 0.3) is 0 Å². The van der Waals surface area contributed by atoms with Crippen molar-refractivity contribution in [3.8, 4) is 17.2 Å². The first-order valence-corrected chi connectivity index (χ1v) is 3.59. The molecule has 0 aliphatic carbocycles. The highest BCUT2D eigenvalue weighted by Gasteiger charge is 2.06. The molecule has 0 fully saturated rings. The number of nitrogens with two attached hydrogens (primary N) is 1. The molecule has 0 aliphatic heterocycles. The standard InChI is InChI=1S/C8H11NO3.ClH/c9-2-1-5-3-7(11)8(12)4-6(5)10;/h3-4,10-12H,1-2,9H2;1H/p-1. The van der Waals surface area contributed by atoms with Crippen molar-refractivity contribution in [1.29, 1.82) is 0 Å². The molecule has 4 nitrogen and oxygen atoms in total. The number of hydrogen-bond donors (Lipinski definition) is 4. The quantitative estimate of drug-likeness (QED) is 0.312. The van der Waals surface area contributed by atoms with E-state index in [0.717, 1.165) is 6.07 Å². The van der Waals surface area contributed by atoms with Gasteiger partial charge in [-0.1, -0.05) is 0 Å². The molecule has 0 atom stereocenters. The Hall–Kier alpha value is -1.13. The predicted molar refractivity (Wildman–Crippen MR) is 44.2 cm³/mol. The Bertz CT molecular complexity index is 291. The monoisotopic (exact) mass is 204 g/mol. The van der Waals surface area contributed by atoms with Gasteiger partial charge in [-0.2, -0.15) is 0 Å². The van der Waals surface area contributed by atoms with Crippen LogP contribution < -0.4 is 18.1 Å². The Morgan fingerprint density at radius 1 is 1.00 bits per heavy atom. The van der Waals surface area contributed by atoms with Crippen molar-refractivity contribution < 1.29 is 27.7 Å². The fourth-order valence-electron chi connectivity index (χ4n) is 0.965. The minimum Gasteiger partial charge on any atom is -1.00 e. The summed E-state index contributed by atoms with van der Waals surface area (Å²) in [7, 11) is 0. The molecule has 0 unspecified atom stereocenters. The van der Waals surface area contributed by atoms with Crippen LogP contribution >= 0.6 is 0 Å². The molecule has 0 aromatic heterocycles. The first-order valence-electron chi connectivity index (χ1n) is 3.59. The molecular weight excluding hydrogens is 194 g/mol. The van der Waals surface area contributed by atoms with Gasteiger partial charge < -0.3 is 33.5 Å². The van der Waals surface area contributed by atoms with E-state index in [0.29, 0.717) is 18.5 Å². The molecule has 0 bridgehead atoms. The van der Waals surface area contributed by atoms with E-state index in [1.807, 2.05) is 0 Å². The zero-order chi connectivity index (χ0) is 9.14. The average Bonchev–Trinajstić information content (AvgIpc) is 2.01. The van der Waals surface area contributed by atoms with E-state index < -0.39 is 0 Å². The third-order valence-electron chi connectivity index (χ3n) is 1.59. The minimum atomic E-state index is -0.326. The van der Waals surface area contributed by atoms with Crippen LogP contribution in [0.4, 0.5) is 0 Å². The number of rotatable bonds is 2. The lowest BCUT2D eigenvalue weighted by molar-refractivity contribution is -0.00000541. The zero-order valence-corrected chi connectivity index (χ0v) is 7.62. The zero-order valence-electron chi connectivity index (χ0n) is 6.87. The van der Waals surface area contributed by atoms with Crippen LogP contribution in [0, 0.1) is 0 Å². The molecule has 13 heavy (non-hydrogen) atoms. The van der Waals surface area contributed by atoms with Crippen LogP contribution in [0.5, 0.6) is 17.2 Å². The van der Waals surface area contributed by atoms with Crippen LogP contribution in [0.3, 0.4) is 0 Å². The summed E-state index contributed by atoms with van der Waals surface area (Å²) in [5.74, 6) is -0.611. The lowest BCUT2D eigenvalue weighted by Crippen LogP contribution is -3.00. The second kappa shape index (κ2) is 4.79. The van der Waals surface area contributed by atoms with Gasteiger partial charge >= 0.3 is 0 Å². The lowest BCUT2D eigenvalue weighted by Gasteiger charge is -2.04. The van der Waals surface area contributed by atoms with E-state index >= 15 is 0 Å². The summed E-state index contributed by atoms with van der Waals surface area (Å²) in [6.07, 6.45) is 0.472. The van der Waals surface area contributed by atoms with Crippen LogP contribution in [-0.4, -0.2) is 21.9 Å². The van der Waals surface area contributed by atoms with Gasteiger partial charge in [0.1, 0.15) is 5.75 Å². The lowest BCUT2D eigenvalue weighted by atomic mass is 10.1. The SMILES string of the molecule is NCCc1cc(O)c(O)cc1O.[Cl-]. The predicted octanol–water partition coefficient (Wildman–Crippen LogP) is -2.69. The van der Waals surface area contributed by atoms with Gasteiger partial charge in [0.05, 0.1) is 0 Å². The molecule has 1 aromatic rings. The summed E-state index contributed by atoms with van der Waals surface area (Å²) in [6, 6.07) is 2.40. The molecule has 0 saturated heterocycles. The first-order chi connectivity index (χ1) is 5.65. The molecule has 5 heteroatoms. The first kappa shape index (κ1) is 11.9. The van der Waals surface area contributed by atoms with Crippen molar-refractivity contribution in [3.63, 3.8) is 0 Å². The summed E-state index contributed by atoms with van der Waals surface area (Å²) in [5.41, 5.74) is 5.80. The van der Waals surface area contributed by atoms with Gasteiger partial charge in [0.2, 0.25) is 0 Å². The highest BCUT2D eigenvalue weighted by Crippen LogP contribution is 2.31. The average molecular weight is 205 g/mol. The number of phenolic OH excluding ortho intramolecular Hbond substituents is 3. The Balaban J connectivity index is 0.00000144. The summed E-state index contributed by atoms with van der Waals surface area (Å²) in [4.78, 5) is 0. The van der Waals surface area contributed by atoms with Crippen LogP contribution in [0.1, 0.15) is 5.56 Å². The highest BCUT2D eigenvalue weighted by atomic mass is 35.5. The summed E-state index contributed by atoms with van der Waals surface area (Å²) < 4.78 is 0. The Labute approximate surface area is 82.0 Å². The van der Waals surface area contributed by atoms with Gasteiger partial charge in [0.25, 0.3) is 0 Å². The van der Waals surface area contributed by atoms with Crippen molar-refractivity contribution in [2.24, 2.45) is 5.73 Å². The smallest absolute Gasteiger partial charge is 0.161 e. The number of halogens is 1. The normalized spacial score (nSPS) is 9.31. The molecule has 0 amide bonds. The molecule has 5 N–H and O–H groups in total. The molecule has 0 heterocycles. The maximum atomic E-state index is 9.22. The van der Waals surface area contributed by atoms with Gasteiger partial charge in [-0.15, -0.1) is 0 Å². The summed E-state index contributed by atoms with van der Waals surface area (Å²) >= 11 is 0. The molecule has 0 radical (unpaired) electrons. The highest BCUT2D eigenvalue weighted by molar-refractivity contribution is 5.48. The second-order valence-corrected chi connectivity index (χ2v) is 2.51. The van der Waals surface area contributed by atoms with Crippen LogP contribution in [0.15, 0.2) is 12.1 Å². The van der Waals surface area contributed by atoms with Crippen LogP contribution in [0.2, 0.25) is 0 Å². The largest absolute Gasteiger partial charge is 1.00 e. The van der Waals surface area contributed by atoms with Crippen molar-refractivity contribution in [1.82, 2.24) is 0 Å². The van der Waals surface area contributed by atoms with Crippen molar-refractivity contribution in [2.75, 3.05) is 6.54 Å². The van der Waals surface area contributed by atoms with E-state index in [2.05, 4.69) is 0 Å². The molecule has 0 aliphatic rings. The number of aromatic hydroxyl groups is 3. The molecule has 0 saturated carbocycles. The molecule has 74 valence electrons. The number of phenols is 3. The number of benzene rings is 1. The topological polar surface area (TPSA) is 86.7 Å². The van der Waals surface area contributed by atoms with E-state index in [9.17, 15) is 5.11 Å². The van der Waals surface area contributed by atoms with E-state index in [1.54, 1.807) is 0 Å². The molecule has 1 aromatic carbocycles. The summed E-state index contributed by atoms with van der Waals surface area (Å²) in [5, 5.41) is 27.2. The Morgan fingerprint density at radius 2 is 1.54 bits per heavy atom. The van der Waals surface area contributed by atoms with E-state index in [4.69, 9.17) is 15.9 Å². The van der Waals surface area contributed by atoms with Crippen molar-refractivity contribution in [3.05, 3.63) is 17.7 Å². The van der Waals surface area contributed by atoms with Crippen molar-refractivity contribution in [2.45, 2.75) is 6.42 Å². The fourth-order valence-corrected chi connectivity index (χ4v) is 0.965. The minimum absolute atomic E-state index is 0. The third kappa shape index (κ3) is 2.68. The second-order valence-electron chi connectivity index (χ2n) is 2.51. The van der Waals surface area contributed by atoms with Gasteiger partial charge in [-0.25, -0.2) is 0 Å². The van der Waals surface area contributed by atoms with Crippen LogP contribution in [-0.2, 0) is 6.42 Å². The van der Waals surface area contributed by atoms with Gasteiger partial charge in [-0.05, 0) is 24.6 Å². The molecular formula is C8H11ClNO3-. The molecule has 0 spiro atoms. The number of hydrogen-bond acceptors (Lipinski definition) is 4. The Morgan fingerprint density at radius 3 is 2.08 bits per heavy atom. The van der Waals surface area contributed by atoms with E-state index in [1.165, 1.54) is 6.07 Å². The van der Waals surface area contributed by atoms with E-state index in [-0.39, 0.29) is 29.7 Å².